The van der Waals surface area contributed by atoms with Gasteiger partial charge in [0.1, 0.15) is 5.75 Å². The van der Waals surface area contributed by atoms with Gasteiger partial charge in [0.25, 0.3) is 0 Å². The van der Waals surface area contributed by atoms with Gasteiger partial charge in [-0.2, -0.15) is 0 Å². The molecule has 18 heavy (non-hydrogen) atoms. The molecule has 1 rings (SSSR count). The Kier molecular flexibility index (Phi) is 4.05. The third-order valence-corrected chi connectivity index (χ3v) is 3.39. The quantitative estimate of drug-likeness (QED) is 0.865. The predicted molar refractivity (Wildman–Crippen MR) is 72.2 cm³/mol. The van der Waals surface area contributed by atoms with Gasteiger partial charge in [-0.25, -0.2) is 0 Å². The minimum Gasteiger partial charge on any atom is -0.507 e. The van der Waals surface area contributed by atoms with Gasteiger partial charge in [0.2, 0.25) is 0 Å². The van der Waals surface area contributed by atoms with Crippen LogP contribution in [0.25, 0.3) is 0 Å². The summed E-state index contributed by atoms with van der Waals surface area (Å²) in [5.41, 5.74) is 3.58. The Labute approximate surface area is 108 Å². The van der Waals surface area contributed by atoms with Crippen LogP contribution in [0.4, 0.5) is 0 Å². The monoisotopic (exact) mass is 250 g/mol. The number of carbonyl (C=O) groups is 1. The minimum atomic E-state index is -0.794. The third kappa shape index (κ3) is 3.03. The lowest BCUT2D eigenvalue weighted by atomic mass is 9.82. The third-order valence-electron chi connectivity index (χ3n) is 3.39. The predicted octanol–water partition coefficient (Wildman–Crippen LogP) is 3.32. The molecule has 0 bridgehead atoms. The summed E-state index contributed by atoms with van der Waals surface area (Å²) in [6.07, 6.45) is 0.625. The second-order valence-electron chi connectivity index (χ2n) is 5.83. The van der Waals surface area contributed by atoms with E-state index in [1.165, 1.54) is 0 Å². The highest BCUT2D eigenvalue weighted by Gasteiger charge is 2.22. The van der Waals surface area contributed by atoms with Gasteiger partial charge in [-0.05, 0) is 47.9 Å². The second kappa shape index (κ2) is 5.01. The van der Waals surface area contributed by atoms with Gasteiger partial charge in [-0.3, -0.25) is 4.79 Å². The van der Waals surface area contributed by atoms with Crippen molar-refractivity contribution in [3.63, 3.8) is 0 Å². The molecule has 1 aromatic carbocycles. The van der Waals surface area contributed by atoms with E-state index in [0.29, 0.717) is 12.2 Å². The summed E-state index contributed by atoms with van der Waals surface area (Å²) < 4.78 is 0. The molecule has 0 amide bonds. The van der Waals surface area contributed by atoms with Gasteiger partial charge in [0, 0.05) is 6.42 Å². The lowest BCUT2D eigenvalue weighted by Crippen LogP contribution is -2.13. The smallest absolute Gasteiger partial charge is 0.303 e. The fourth-order valence-corrected chi connectivity index (χ4v) is 2.04. The molecule has 0 saturated heterocycles. The van der Waals surface area contributed by atoms with E-state index in [0.717, 1.165) is 22.3 Å². The van der Waals surface area contributed by atoms with Crippen molar-refractivity contribution in [1.29, 1.82) is 0 Å². The molecular weight excluding hydrogens is 228 g/mol. The first kappa shape index (κ1) is 14.6. The zero-order chi connectivity index (χ0) is 14.1. The number of aryl methyl sites for hydroxylation is 1. The molecule has 0 aliphatic rings. The maximum atomic E-state index is 10.7. The average Bonchev–Trinajstić information content (AvgIpc) is 2.23. The highest BCUT2D eigenvalue weighted by Crippen LogP contribution is 2.36. The average molecular weight is 250 g/mol. The lowest BCUT2D eigenvalue weighted by molar-refractivity contribution is -0.136. The van der Waals surface area contributed by atoms with Crippen molar-refractivity contribution in [2.24, 2.45) is 0 Å². The molecule has 3 heteroatoms. The Morgan fingerprint density at radius 1 is 1.22 bits per heavy atom. The normalized spacial score (nSPS) is 11.6. The van der Waals surface area contributed by atoms with Crippen LogP contribution in [-0.2, 0) is 16.6 Å². The van der Waals surface area contributed by atoms with Crippen molar-refractivity contribution in [2.45, 2.75) is 52.9 Å². The highest BCUT2D eigenvalue weighted by molar-refractivity contribution is 5.67. The number of carboxylic acids is 1. The number of aliphatic carboxylic acids is 1. The van der Waals surface area contributed by atoms with Crippen LogP contribution in [0, 0.1) is 13.8 Å². The van der Waals surface area contributed by atoms with Gasteiger partial charge in [-0.1, -0.05) is 26.8 Å². The number of aromatic hydroxyl groups is 1. The van der Waals surface area contributed by atoms with Crippen molar-refractivity contribution in [2.75, 3.05) is 0 Å². The number of phenolic OH excluding ortho intramolecular Hbond substituents is 1. The molecule has 0 fully saturated rings. The molecule has 0 radical (unpaired) electrons. The summed E-state index contributed by atoms with van der Waals surface area (Å²) >= 11 is 0. The summed E-state index contributed by atoms with van der Waals surface area (Å²) in [6.45, 7) is 9.93. The summed E-state index contributed by atoms with van der Waals surface area (Å²) in [5.74, 6) is -0.462. The molecule has 0 unspecified atom stereocenters. The molecule has 3 nitrogen and oxygen atoms in total. The van der Waals surface area contributed by atoms with Crippen LogP contribution in [0.5, 0.6) is 5.75 Å². The standard InChI is InChI=1S/C15H22O3/c1-9-10(2)14(18)12(15(3,4)5)8-11(9)6-7-13(16)17/h8,18H,6-7H2,1-5H3,(H,16,17). The Morgan fingerprint density at radius 3 is 2.22 bits per heavy atom. The van der Waals surface area contributed by atoms with Gasteiger partial charge < -0.3 is 10.2 Å². The number of phenols is 1. The first-order chi connectivity index (χ1) is 8.14. The van der Waals surface area contributed by atoms with Crippen LogP contribution in [0.15, 0.2) is 6.07 Å². The summed E-state index contributed by atoms with van der Waals surface area (Å²) in [5, 5.41) is 19.0. The largest absolute Gasteiger partial charge is 0.507 e. The Morgan fingerprint density at radius 2 is 1.78 bits per heavy atom. The zero-order valence-electron chi connectivity index (χ0n) is 11.8. The fourth-order valence-electron chi connectivity index (χ4n) is 2.04. The molecule has 0 heterocycles. The van der Waals surface area contributed by atoms with Crippen LogP contribution < -0.4 is 0 Å². The van der Waals surface area contributed by atoms with Crippen LogP contribution in [0.1, 0.15) is 49.4 Å². The van der Waals surface area contributed by atoms with Gasteiger partial charge in [-0.15, -0.1) is 0 Å². The molecule has 0 saturated carbocycles. The van der Waals surface area contributed by atoms with E-state index in [4.69, 9.17) is 5.11 Å². The van der Waals surface area contributed by atoms with E-state index in [1.807, 2.05) is 40.7 Å². The first-order valence-corrected chi connectivity index (χ1v) is 6.19. The van der Waals surface area contributed by atoms with E-state index in [-0.39, 0.29) is 11.8 Å². The van der Waals surface area contributed by atoms with Crippen LogP contribution in [0.2, 0.25) is 0 Å². The van der Waals surface area contributed by atoms with Crippen LogP contribution >= 0.6 is 0 Å². The Balaban J connectivity index is 3.28. The van der Waals surface area contributed by atoms with Crippen molar-refractivity contribution in [3.05, 3.63) is 28.3 Å². The number of benzene rings is 1. The molecule has 0 aliphatic heterocycles. The summed E-state index contributed by atoms with van der Waals surface area (Å²) in [4.78, 5) is 10.7. The number of hydrogen-bond acceptors (Lipinski definition) is 2. The Bertz CT molecular complexity index is 468. The molecule has 1 aromatic rings. The summed E-state index contributed by atoms with van der Waals surface area (Å²) in [6, 6.07) is 1.95. The van der Waals surface area contributed by atoms with E-state index in [9.17, 15) is 9.90 Å². The van der Waals surface area contributed by atoms with Gasteiger partial charge in [0.05, 0.1) is 0 Å². The second-order valence-corrected chi connectivity index (χ2v) is 5.83. The highest BCUT2D eigenvalue weighted by atomic mass is 16.4. The van der Waals surface area contributed by atoms with Gasteiger partial charge in [0.15, 0.2) is 0 Å². The lowest BCUT2D eigenvalue weighted by Gasteiger charge is -2.24. The van der Waals surface area contributed by atoms with E-state index >= 15 is 0 Å². The van der Waals surface area contributed by atoms with Gasteiger partial charge >= 0.3 is 5.97 Å². The van der Waals surface area contributed by atoms with Crippen molar-refractivity contribution >= 4 is 5.97 Å². The Hall–Kier alpha value is -1.51. The van der Waals surface area contributed by atoms with E-state index in [1.54, 1.807) is 0 Å². The van der Waals surface area contributed by atoms with Crippen molar-refractivity contribution < 1.29 is 15.0 Å². The number of hydrogen-bond donors (Lipinski definition) is 2. The van der Waals surface area contributed by atoms with Crippen LogP contribution in [0.3, 0.4) is 0 Å². The molecule has 0 spiro atoms. The molecule has 0 atom stereocenters. The topological polar surface area (TPSA) is 57.5 Å². The SMILES string of the molecule is Cc1c(CCC(=O)O)cc(C(C)(C)C)c(O)c1C. The molecule has 100 valence electrons. The molecule has 0 aromatic heterocycles. The van der Waals surface area contributed by atoms with E-state index < -0.39 is 5.97 Å². The maximum Gasteiger partial charge on any atom is 0.303 e. The first-order valence-electron chi connectivity index (χ1n) is 6.19. The zero-order valence-corrected chi connectivity index (χ0v) is 11.8. The molecular formula is C15H22O3. The molecule has 0 aliphatic carbocycles. The number of carboxylic acid groups (broad SMARTS) is 1. The van der Waals surface area contributed by atoms with Crippen molar-refractivity contribution in [1.82, 2.24) is 0 Å². The maximum absolute atomic E-state index is 10.7. The molecule has 2 N–H and O–H groups in total. The fraction of sp³-hybridized carbons (Fsp3) is 0.533. The van der Waals surface area contributed by atoms with E-state index in [2.05, 4.69) is 0 Å². The summed E-state index contributed by atoms with van der Waals surface area (Å²) in [7, 11) is 0. The van der Waals surface area contributed by atoms with Crippen LogP contribution in [-0.4, -0.2) is 16.2 Å². The van der Waals surface area contributed by atoms with Crippen molar-refractivity contribution in [3.8, 4) is 5.75 Å². The minimum absolute atomic E-state index is 0.120. The number of rotatable bonds is 3.